The van der Waals surface area contributed by atoms with Gasteiger partial charge in [0.05, 0.1) is 15.4 Å². The number of piperazine rings is 1. The molecule has 2 heterocycles. The topological polar surface area (TPSA) is 137 Å². The van der Waals surface area contributed by atoms with E-state index in [-0.39, 0.29) is 28.1 Å². The van der Waals surface area contributed by atoms with Gasteiger partial charge < -0.3 is 19.9 Å². The van der Waals surface area contributed by atoms with Gasteiger partial charge in [-0.1, -0.05) is 67.4 Å². The predicted octanol–water partition coefficient (Wildman–Crippen LogP) is 9.27. The molecule has 0 saturated carbocycles. The molecule has 4 aliphatic rings. The minimum Gasteiger partial charge on any atom is -0.456 e. The number of carbonyl (C=O) groups excluding carboxylic acids is 1. The molecule has 0 bridgehead atoms. The number of nitrogens with one attached hydrogen (secondary N) is 2. The Balaban J connectivity index is 1.00. The zero-order valence-electron chi connectivity index (χ0n) is 35.7. The fourth-order valence-corrected chi connectivity index (χ4v) is 10.2. The molecule has 0 radical (unpaired) electrons. The van der Waals surface area contributed by atoms with Crippen LogP contribution < -0.4 is 19.7 Å². The number of piperidine rings is 1. The van der Waals surface area contributed by atoms with Crippen LogP contribution in [0.2, 0.25) is 5.02 Å². The third-order valence-corrected chi connectivity index (χ3v) is 14.4. The average molecular weight is 880 g/mol. The molecule has 4 aromatic carbocycles. The summed E-state index contributed by atoms with van der Waals surface area (Å²) in [5, 5.41) is 16.0. The quantitative estimate of drug-likeness (QED) is 0.0988. The molecule has 12 nitrogen and oxygen atoms in total. The zero-order valence-corrected chi connectivity index (χ0v) is 37.2. The molecule has 14 heteroatoms. The number of nitro groups is 1. The minimum atomic E-state index is -4.53. The van der Waals surface area contributed by atoms with E-state index in [4.69, 9.17) is 16.3 Å². The van der Waals surface area contributed by atoms with Gasteiger partial charge in [0, 0.05) is 67.7 Å². The average Bonchev–Trinajstić information content (AvgIpc) is 3.75. The maximum Gasteiger partial charge on any atom is 0.293 e. The highest BCUT2D eigenvalue weighted by molar-refractivity contribution is 7.90. The van der Waals surface area contributed by atoms with Crippen molar-refractivity contribution in [3.8, 4) is 11.5 Å². The van der Waals surface area contributed by atoms with Gasteiger partial charge in [-0.05, 0) is 129 Å². The summed E-state index contributed by atoms with van der Waals surface area (Å²) in [6, 6.07) is 22.8. The molecule has 8 rings (SSSR count). The standard InChI is InChI=1S/C48H55ClN6O6S/c1-48(2)21-18-36(42(30-48)35-10-12-37(49)13-11-35)32-53-24-26-54(27-25-53)38-14-16-41(46(28-38)61-45-9-5-7-34-6-4-8-40(34)45)47(56)51-62(59,60)39-15-17-43(44(29-39)55(57)58)50-31-33-19-22-52(3)23-20-33/h4-5,7-17,28-29,33,50H,6,18-27,30-32H2,1-3H3,(H,51,56). The maximum absolute atomic E-state index is 14.0. The Hall–Kier alpha value is -5.21. The van der Waals surface area contributed by atoms with E-state index in [1.165, 1.54) is 28.8 Å². The lowest BCUT2D eigenvalue weighted by Gasteiger charge is -2.39. The summed E-state index contributed by atoms with van der Waals surface area (Å²) in [6.45, 7) is 11.2. The molecule has 62 heavy (non-hydrogen) atoms. The van der Waals surface area contributed by atoms with Crippen LogP contribution in [0.5, 0.6) is 11.5 Å². The Labute approximate surface area is 369 Å². The van der Waals surface area contributed by atoms with Crippen molar-refractivity contribution in [3.63, 3.8) is 0 Å². The number of amides is 1. The van der Waals surface area contributed by atoms with E-state index in [0.717, 1.165) is 112 Å². The number of anilines is 2. The van der Waals surface area contributed by atoms with Crippen molar-refractivity contribution in [2.24, 2.45) is 11.3 Å². The molecule has 2 saturated heterocycles. The Morgan fingerprint density at radius 3 is 2.45 bits per heavy atom. The molecule has 1 amide bonds. The Bertz CT molecular complexity index is 2510. The van der Waals surface area contributed by atoms with Crippen molar-refractivity contribution < 1.29 is 22.9 Å². The van der Waals surface area contributed by atoms with E-state index in [2.05, 4.69) is 57.8 Å². The summed E-state index contributed by atoms with van der Waals surface area (Å²) in [5.74, 6) is 0.190. The lowest BCUT2D eigenvalue weighted by atomic mass is 9.72. The van der Waals surface area contributed by atoms with E-state index in [0.29, 0.717) is 18.2 Å². The summed E-state index contributed by atoms with van der Waals surface area (Å²) in [6.07, 6.45) is 9.95. The fourth-order valence-electron chi connectivity index (χ4n) is 9.08. The molecule has 2 N–H and O–H groups in total. The molecular formula is C48H55ClN6O6S. The predicted molar refractivity (Wildman–Crippen MR) is 247 cm³/mol. The fraction of sp³-hybridized carbons (Fsp3) is 0.396. The van der Waals surface area contributed by atoms with Crippen molar-refractivity contribution >= 4 is 56.2 Å². The molecule has 0 spiro atoms. The first kappa shape index (κ1) is 43.4. The molecule has 2 fully saturated rings. The first-order valence-corrected chi connectivity index (χ1v) is 23.4. The van der Waals surface area contributed by atoms with E-state index in [9.17, 15) is 23.3 Å². The van der Waals surface area contributed by atoms with Crippen LogP contribution in [-0.2, 0) is 16.4 Å². The smallest absolute Gasteiger partial charge is 0.293 e. The van der Waals surface area contributed by atoms with Crippen LogP contribution in [0.3, 0.4) is 0 Å². The monoisotopic (exact) mass is 878 g/mol. The number of hydrogen-bond acceptors (Lipinski definition) is 10. The number of nitro benzene ring substituents is 1. The summed E-state index contributed by atoms with van der Waals surface area (Å²) in [7, 11) is -2.46. The van der Waals surface area contributed by atoms with Gasteiger partial charge in [-0.3, -0.25) is 19.8 Å². The second-order valence-electron chi connectivity index (χ2n) is 17.9. The van der Waals surface area contributed by atoms with Crippen LogP contribution in [0.15, 0.2) is 95.4 Å². The molecule has 326 valence electrons. The molecule has 0 aromatic heterocycles. The maximum atomic E-state index is 14.0. The van der Waals surface area contributed by atoms with Crippen molar-refractivity contribution in [2.75, 3.05) is 69.6 Å². The molecule has 4 aromatic rings. The Kier molecular flexibility index (Phi) is 12.8. The Morgan fingerprint density at radius 2 is 1.71 bits per heavy atom. The first-order chi connectivity index (χ1) is 29.7. The number of ether oxygens (including phenoxy) is 1. The van der Waals surface area contributed by atoms with E-state index in [1.54, 1.807) is 12.1 Å². The molecule has 0 atom stereocenters. The molecular weight excluding hydrogens is 824 g/mol. The minimum absolute atomic E-state index is 0.0170. The lowest BCUT2D eigenvalue weighted by Crippen LogP contribution is -2.47. The van der Waals surface area contributed by atoms with E-state index >= 15 is 0 Å². The second-order valence-corrected chi connectivity index (χ2v) is 20.0. The summed E-state index contributed by atoms with van der Waals surface area (Å²) >= 11 is 6.25. The first-order valence-electron chi connectivity index (χ1n) is 21.5. The van der Waals surface area contributed by atoms with Gasteiger partial charge >= 0.3 is 0 Å². The SMILES string of the molecule is CN1CCC(CNc2ccc(S(=O)(=O)NC(=O)c3ccc(N4CCN(CC5=C(c6ccc(Cl)cc6)CC(C)(C)CC5)CC4)cc3Oc3cccc4c3C=CC4)cc2[N+](=O)[O-])CC1. The van der Waals surface area contributed by atoms with Crippen LogP contribution in [0.1, 0.15) is 73.0 Å². The van der Waals surface area contributed by atoms with Crippen molar-refractivity contribution in [2.45, 2.75) is 57.3 Å². The number of rotatable bonds is 13. The molecule has 2 aliphatic carbocycles. The summed E-state index contributed by atoms with van der Waals surface area (Å²) in [4.78, 5) is 32.2. The number of likely N-dealkylation sites (tertiary alicyclic amines) is 1. The normalized spacial score (nSPS) is 18.4. The van der Waals surface area contributed by atoms with Crippen LogP contribution in [-0.4, -0.2) is 88.5 Å². The van der Waals surface area contributed by atoms with Crippen LogP contribution >= 0.6 is 11.6 Å². The summed E-state index contributed by atoms with van der Waals surface area (Å²) < 4.78 is 36.2. The number of fused-ring (bicyclic) bond motifs is 1. The molecule has 0 unspecified atom stereocenters. The van der Waals surface area contributed by atoms with Crippen LogP contribution in [0, 0.1) is 21.4 Å². The number of carbonyl (C=O) groups is 1. The van der Waals surface area contributed by atoms with Crippen molar-refractivity contribution in [1.82, 2.24) is 14.5 Å². The number of nitrogens with zero attached hydrogens (tertiary/aromatic N) is 4. The number of sulfonamides is 1. The summed E-state index contributed by atoms with van der Waals surface area (Å²) in [5.41, 5.74) is 7.08. The highest BCUT2D eigenvalue weighted by atomic mass is 35.5. The number of allylic oxidation sites excluding steroid dienone is 2. The van der Waals surface area contributed by atoms with Crippen molar-refractivity contribution in [3.05, 3.63) is 128 Å². The largest absolute Gasteiger partial charge is 0.456 e. The van der Waals surface area contributed by atoms with Gasteiger partial charge in [0.25, 0.3) is 21.6 Å². The zero-order chi connectivity index (χ0) is 43.6. The second kappa shape index (κ2) is 18.3. The number of benzene rings is 4. The molecule has 2 aliphatic heterocycles. The van der Waals surface area contributed by atoms with E-state index < -0.39 is 25.7 Å². The highest BCUT2D eigenvalue weighted by Crippen LogP contribution is 2.44. The Morgan fingerprint density at radius 1 is 0.952 bits per heavy atom. The number of hydrogen-bond donors (Lipinski definition) is 2. The van der Waals surface area contributed by atoms with Crippen molar-refractivity contribution in [1.29, 1.82) is 0 Å². The third kappa shape index (κ3) is 10.0. The van der Waals surface area contributed by atoms with Gasteiger partial charge in [-0.15, -0.1) is 0 Å². The van der Waals surface area contributed by atoms with Crippen LogP contribution in [0.25, 0.3) is 11.6 Å². The van der Waals surface area contributed by atoms with Gasteiger partial charge in [-0.25, -0.2) is 13.1 Å². The number of halogens is 1. The van der Waals surface area contributed by atoms with Gasteiger partial charge in [0.1, 0.15) is 17.2 Å². The van der Waals surface area contributed by atoms with Crippen LogP contribution in [0.4, 0.5) is 17.1 Å². The third-order valence-electron chi connectivity index (χ3n) is 12.9. The highest BCUT2D eigenvalue weighted by Gasteiger charge is 2.31. The van der Waals surface area contributed by atoms with E-state index in [1.807, 2.05) is 48.6 Å². The lowest BCUT2D eigenvalue weighted by molar-refractivity contribution is -0.384. The van der Waals surface area contributed by atoms with Gasteiger partial charge in [0.15, 0.2) is 0 Å². The van der Waals surface area contributed by atoms with Gasteiger partial charge in [0.2, 0.25) is 0 Å². The van der Waals surface area contributed by atoms with Gasteiger partial charge in [-0.2, -0.15) is 0 Å².